The minimum atomic E-state index is -0.385. The van der Waals surface area contributed by atoms with E-state index in [0.717, 1.165) is 28.3 Å². The van der Waals surface area contributed by atoms with E-state index < -0.39 is 0 Å². The maximum Gasteiger partial charge on any atom is 0.255 e. The Morgan fingerprint density at radius 3 is 2.33 bits per heavy atom. The molecule has 2 aromatic carbocycles. The number of carbonyl (C=O) groups is 1. The minimum absolute atomic E-state index is 0.0461. The molecule has 1 N–H and O–H groups in total. The lowest BCUT2D eigenvalue weighted by Crippen LogP contribution is -2.34. The number of aryl methyl sites for hydroxylation is 2. The summed E-state index contributed by atoms with van der Waals surface area (Å²) in [6.45, 7) is 8.25. The Morgan fingerprint density at radius 1 is 1.00 bits per heavy atom. The summed E-state index contributed by atoms with van der Waals surface area (Å²) in [4.78, 5) is 19.3. The van der Waals surface area contributed by atoms with Crippen LogP contribution in [0.15, 0.2) is 71.6 Å². The zero-order valence-electron chi connectivity index (χ0n) is 19.4. The van der Waals surface area contributed by atoms with Crippen LogP contribution in [0.4, 0.5) is 0 Å². The van der Waals surface area contributed by atoms with E-state index in [0.29, 0.717) is 17.5 Å². The predicted octanol–water partition coefficient (Wildman–Crippen LogP) is 5.48. The zero-order chi connectivity index (χ0) is 23.4. The summed E-state index contributed by atoms with van der Waals surface area (Å²) in [5, 5.41) is 11.6. The van der Waals surface area contributed by atoms with Crippen LogP contribution in [0.5, 0.6) is 0 Å². The highest BCUT2D eigenvalue weighted by molar-refractivity contribution is 8.00. The molecular weight excluding hydrogens is 430 g/mol. The normalized spacial score (nSPS) is 13.2. The molecule has 4 aromatic rings. The van der Waals surface area contributed by atoms with E-state index in [4.69, 9.17) is 0 Å². The number of aromatic nitrogens is 4. The van der Waals surface area contributed by atoms with Crippen molar-refractivity contribution in [2.24, 2.45) is 5.92 Å². The molecule has 170 valence electrons. The highest BCUT2D eigenvalue weighted by Gasteiger charge is 2.28. The van der Waals surface area contributed by atoms with Gasteiger partial charge in [0.15, 0.2) is 5.82 Å². The van der Waals surface area contributed by atoms with Gasteiger partial charge in [-0.2, -0.15) is 0 Å². The van der Waals surface area contributed by atoms with Gasteiger partial charge in [-0.1, -0.05) is 62.4 Å². The third kappa shape index (κ3) is 5.42. The number of amides is 1. The summed E-state index contributed by atoms with van der Waals surface area (Å²) in [7, 11) is 0. The maximum atomic E-state index is 13.7. The number of benzene rings is 2. The Bertz CT molecular complexity index is 1220. The van der Waals surface area contributed by atoms with E-state index in [2.05, 4.69) is 34.3 Å². The van der Waals surface area contributed by atoms with Gasteiger partial charge < -0.3 is 5.32 Å². The van der Waals surface area contributed by atoms with Gasteiger partial charge in [-0.25, -0.2) is 4.98 Å². The van der Waals surface area contributed by atoms with Crippen LogP contribution in [0.1, 0.15) is 54.3 Å². The van der Waals surface area contributed by atoms with Crippen molar-refractivity contribution < 1.29 is 4.79 Å². The largest absolute Gasteiger partial charge is 0.345 e. The highest BCUT2D eigenvalue weighted by atomic mass is 32.2. The Morgan fingerprint density at radius 2 is 1.67 bits per heavy atom. The van der Waals surface area contributed by atoms with Crippen LogP contribution in [0, 0.1) is 19.8 Å². The zero-order valence-corrected chi connectivity index (χ0v) is 20.2. The Labute approximate surface area is 198 Å². The van der Waals surface area contributed by atoms with Gasteiger partial charge in [0, 0.05) is 16.3 Å². The van der Waals surface area contributed by atoms with Crippen molar-refractivity contribution in [1.29, 1.82) is 0 Å². The smallest absolute Gasteiger partial charge is 0.255 e. The number of hydrogen-bond donors (Lipinski definition) is 1. The van der Waals surface area contributed by atoms with Crippen LogP contribution in [0.25, 0.3) is 5.78 Å². The van der Waals surface area contributed by atoms with Gasteiger partial charge >= 0.3 is 0 Å². The molecule has 7 heteroatoms. The highest BCUT2D eigenvalue weighted by Crippen LogP contribution is 2.36. The van der Waals surface area contributed by atoms with Crippen molar-refractivity contribution in [3.8, 4) is 0 Å². The first-order valence-corrected chi connectivity index (χ1v) is 12.1. The SMILES string of the molecule is Cc1cc(C)n2c([C@@H](CC(C)C)NC(=O)[C@@H](Sc3ccccc3)c3ccccc3)nnc2n1. The third-order valence-corrected chi connectivity index (χ3v) is 6.66. The van der Waals surface area contributed by atoms with E-state index in [1.165, 1.54) is 0 Å². The number of carbonyl (C=O) groups excluding carboxylic acids is 1. The second-order valence-electron chi connectivity index (χ2n) is 8.64. The van der Waals surface area contributed by atoms with Crippen LogP contribution in [-0.2, 0) is 4.79 Å². The molecule has 2 atom stereocenters. The van der Waals surface area contributed by atoms with Crippen LogP contribution in [0.3, 0.4) is 0 Å². The van der Waals surface area contributed by atoms with Gasteiger partial charge in [-0.05, 0) is 49.9 Å². The molecule has 2 aromatic heterocycles. The van der Waals surface area contributed by atoms with Crippen LogP contribution in [-0.4, -0.2) is 25.5 Å². The number of thioether (sulfide) groups is 1. The number of fused-ring (bicyclic) bond motifs is 1. The van der Waals surface area contributed by atoms with Gasteiger partial charge in [0.1, 0.15) is 5.25 Å². The number of nitrogens with one attached hydrogen (secondary N) is 1. The van der Waals surface area contributed by atoms with E-state index in [1.54, 1.807) is 11.8 Å². The lowest BCUT2D eigenvalue weighted by atomic mass is 10.0. The molecule has 0 saturated carbocycles. The summed E-state index contributed by atoms with van der Waals surface area (Å²) in [6.07, 6.45) is 0.747. The average Bonchev–Trinajstić information content (AvgIpc) is 3.22. The molecule has 2 heterocycles. The van der Waals surface area contributed by atoms with Crippen molar-refractivity contribution in [1.82, 2.24) is 24.9 Å². The summed E-state index contributed by atoms with van der Waals surface area (Å²) in [5.74, 6) is 1.59. The Balaban J connectivity index is 1.68. The lowest BCUT2D eigenvalue weighted by Gasteiger charge is -2.23. The van der Waals surface area contributed by atoms with Crippen LogP contribution < -0.4 is 5.32 Å². The van der Waals surface area contributed by atoms with Crippen LogP contribution in [0.2, 0.25) is 0 Å². The molecule has 1 amide bonds. The predicted molar refractivity (Wildman–Crippen MR) is 132 cm³/mol. The molecule has 0 radical (unpaired) electrons. The van der Waals surface area contributed by atoms with E-state index >= 15 is 0 Å². The first-order chi connectivity index (χ1) is 15.9. The molecule has 0 saturated heterocycles. The average molecular weight is 460 g/mol. The summed E-state index contributed by atoms with van der Waals surface area (Å²) < 4.78 is 1.95. The Hall–Kier alpha value is -3.19. The van der Waals surface area contributed by atoms with Crippen molar-refractivity contribution in [3.63, 3.8) is 0 Å². The van der Waals surface area contributed by atoms with Crippen molar-refractivity contribution >= 4 is 23.4 Å². The van der Waals surface area contributed by atoms with Gasteiger partial charge in [0.05, 0.1) is 6.04 Å². The minimum Gasteiger partial charge on any atom is -0.345 e. The van der Waals surface area contributed by atoms with Gasteiger partial charge in [-0.3, -0.25) is 9.20 Å². The molecule has 0 unspecified atom stereocenters. The number of nitrogens with zero attached hydrogens (tertiary/aromatic N) is 4. The standard InChI is InChI=1S/C26H29N5OS/c1-17(2)15-22(24-29-30-26-27-18(3)16-19(4)31(24)26)28-25(32)23(20-11-7-5-8-12-20)33-21-13-9-6-10-14-21/h5-14,16-17,22-23H,15H2,1-4H3,(H,28,32)/t22-,23+/m1/s1. The number of rotatable bonds is 8. The molecular formula is C26H29N5OS. The van der Waals surface area contributed by atoms with Gasteiger partial charge in [0.25, 0.3) is 5.78 Å². The fourth-order valence-corrected chi connectivity index (χ4v) is 5.02. The first kappa shape index (κ1) is 23.0. The molecule has 0 bridgehead atoms. The fourth-order valence-electron chi connectivity index (χ4n) is 3.96. The molecule has 6 nitrogen and oxygen atoms in total. The third-order valence-electron chi connectivity index (χ3n) is 5.39. The number of hydrogen-bond acceptors (Lipinski definition) is 5. The van der Waals surface area contributed by atoms with E-state index in [-0.39, 0.29) is 17.2 Å². The summed E-state index contributed by atoms with van der Waals surface area (Å²) >= 11 is 1.55. The van der Waals surface area contributed by atoms with Crippen molar-refractivity contribution in [3.05, 3.63) is 89.5 Å². The van der Waals surface area contributed by atoms with Crippen LogP contribution >= 0.6 is 11.8 Å². The molecule has 0 spiro atoms. The monoisotopic (exact) mass is 459 g/mol. The molecule has 0 fully saturated rings. The summed E-state index contributed by atoms with van der Waals surface area (Å²) in [6, 6.07) is 21.7. The quantitative estimate of drug-likeness (QED) is 0.353. The Kier molecular flexibility index (Phi) is 7.08. The van der Waals surface area contributed by atoms with Crippen molar-refractivity contribution in [2.75, 3.05) is 0 Å². The second kappa shape index (κ2) is 10.2. The maximum absolute atomic E-state index is 13.7. The van der Waals surface area contributed by atoms with Crippen molar-refractivity contribution in [2.45, 2.75) is 50.3 Å². The first-order valence-electron chi connectivity index (χ1n) is 11.2. The second-order valence-corrected chi connectivity index (χ2v) is 9.82. The van der Waals surface area contributed by atoms with E-state index in [9.17, 15) is 4.79 Å². The lowest BCUT2D eigenvalue weighted by molar-refractivity contribution is -0.121. The molecule has 0 aliphatic heterocycles. The molecule has 0 aliphatic carbocycles. The molecule has 0 aliphatic rings. The van der Waals surface area contributed by atoms with Gasteiger partial charge in [0.2, 0.25) is 5.91 Å². The van der Waals surface area contributed by atoms with E-state index in [1.807, 2.05) is 85.0 Å². The fraction of sp³-hybridized carbons (Fsp3) is 0.308. The molecule has 33 heavy (non-hydrogen) atoms. The van der Waals surface area contributed by atoms with Gasteiger partial charge in [-0.15, -0.1) is 22.0 Å². The molecule has 4 rings (SSSR count). The topological polar surface area (TPSA) is 72.2 Å². The summed E-state index contributed by atoms with van der Waals surface area (Å²) in [5.41, 5.74) is 2.86.